The second-order valence-corrected chi connectivity index (χ2v) is 6.50. The molecule has 0 N–H and O–H groups in total. The van der Waals surface area contributed by atoms with Crippen LogP contribution in [0.2, 0.25) is 4.34 Å². The molecular formula is C13H11BrClNOS. The van der Waals surface area contributed by atoms with E-state index in [-0.39, 0.29) is 5.91 Å². The van der Waals surface area contributed by atoms with Crippen LogP contribution in [0.15, 0.2) is 40.9 Å². The first-order chi connectivity index (χ1) is 8.58. The topological polar surface area (TPSA) is 20.3 Å². The molecule has 1 aromatic carbocycles. The minimum Gasteiger partial charge on any atom is -0.337 e. The van der Waals surface area contributed by atoms with Crippen LogP contribution >= 0.6 is 38.9 Å². The summed E-state index contributed by atoms with van der Waals surface area (Å²) in [6.45, 7) is 0.567. The van der Waals surface area contributed by atoms with Gasteiger partial charge in [-0.25, -0.2) is 0 Å². The molecule has 1 aromatic heterocycles. The zero-order valence-corrected chi connectivity index (χ0v) is 12.8. The predicted octanol–water partition coefficient (Wildman–Crippen LogP) is 4.44. The summed E-state index contributed by atoms with van der Waals surface area (Å²) < 4.78 is 1.55. The van der Waals surface area contributed by atoms with Gasteiger partial charge in [0.2, 0.25) is 0 Å². The van der Waals surface area contributed by atoms with Crippen LogP contribution in [0.3, 0.4) is 0 Å². The summed E-state index contributed by atoms with van der Waals surface area (Å²) in [5.74, 6) is -0.00741. The van der Waals surface area contributed by atoms with Gasteiger partial charge >= 0.3 is 0 Å². The van der Waals surface area contributed by atoms with Gasteiger partial charge in [0.1, 0.15) is 0 Å². The maximum atomic E-state index is 12.2. The number of hydrogen-bond acceptors (Lipinski definition) is 2. The number of rotatable bonds is 3. The van der Waals surface area contributed by atoms with Crippen molar-refractivity contribution in [1.29, 1.82) is 0 Å². The molecule has 0 spiro atoms. The summed E-state index contributed by atoms with van der Waals surface area (Å²) in [7, 11) is 1.79. The first-order valence-corrected chi connectivity index (χ1v) is 7.31. The fourth-order valence-corrected chi connectivity index (χ4v) is 3.18. The van der Waals surface area contributed by atoms with E-state index in [1.54, 1.807) is 11.9 Å². The van der Waals surface area contributed by atoms with Gasteiger partial charge in [-0.2, -0.15) is 0 Å². The van der Waals surface area contributed by atoms with Gasteiger partial charge in [0.15, 0.2) is 0 Å². The number of thiophene rings is 1. The molecule has 0 bridgehead atoms. The summed E-state index contributed by atoms with van der Waals surface area (Å²) in [5, 5.41) is 0. The second kappa shape index (κ2) is 5.87. The molecule has 0 aliphatic rings. The number of carbonyl (C=O) groups excluding carboxylic acids is 1. The molecule has 0 aliphatic heterocycles. The highest BCUT2D eigenvalue weighted by molar-refractivity contribution is 9.10. The van der Waals surface area contributed by atoms with Gasteiger partial charge in [0, 0.05) is 16.4 Å². The lowest BCUT2D eigenvalue weighted by Crippen LogP contribution is -2.26. The van der Waals surface area contributed by atoms with Crippen molar-refractivity contribution in [2.24, 2.45) is 0 Å². The van der Waals surface area contributed by atoms with Crippen molar-refractivity contribution >= 4 is 44.8 Å². The van der Waals surface area contributed by atoms with Crippen LogP contribution in [-0.2, 0) is 6.54 Å². The molecular weight excluding hydrogens is 334 g/mol. The van der Waals surface area contributed by atoms with Crippen LogP contribution in [0.25, 0.3) is 0 Å². The first kappa shape index (κ1) is 13.6. The smallest absolute Gasteiger partial charge is 0.255 e. The van der Waals surface area contributed by atoms with Gasteiger partial charge in [-0.05, 0) is 40.2 Å². The van der Waals surface area contributed by atoms with E-state index in [0.717, 1.165) is 13.7 Å². The minimum absolute atomic E-state index is 0.00741. The largest absolute Gasteiger partial charge is 0.337 e. The fourth-order valence-electron chi connectivity index (χ4n) is 1.58. The molecule has 2 aromatic rings. The van der Waals surface area contributed by atoms with E-state index in [0.29, 0.717) is 12.1 Å². The van der Waals surface area contributed by atoms with Gasteiger partial charge in [0.05, 0.1) is 16.4 Å². The predicted molar refractivity (Wildman–Crippen MR) is 79.3 cm³/mol. The van der Waals surface area contributed by atoms with Crippen LogP contribution in [0.4, 0.5) is 0 Å². The van der Waals surface area contributed by atoms with Crippen LogP contribution in [0.5, 0.6) is 0 Å². The van der Waals surface area contributed by atoms with Crippen molar-refractivity contribution in [3.8, 4) is 0 Å². The molecule has 0 radical (unpaired) electrons. The van der Waals surface area contributed by atoms with E-state index in [2.05, 4.69) is 15.9 Å². The Hall–Kier alpha value is -0.840. The zero-order chi connectivity index (χ0) is 13.1. The van der Waals surface area contributed by atoms with Gasteiger partial charge < -0.3 is 4.90 Å². The van der Waals surface area contributed by atoms with E-state index >= 15 is 0 Å². The molecule has 0 saturated heterocycles. The minimum atomic E-state index is -0.00741. The number of hydrogen-bond donors (Lipinski definition) is 0. The standard InChI is InChI=1S/C13H11BrClNOS/c1-16(8-9-6-7-12(15)18-9)13(17)10-4-2-3-5-11(10)14/h2-7H,8H2,1H3. The molecule has 2 nitrogen and oxygen atoms in total. The molecule has 1 amide bonds. The SMILES string of the molecule is CN(Cc1ccc(Cl)s1)C(=O)c1ccccc1Br. The molecule has 1 heterocycles. The molecule has 0 aliphatic carbocycles. The van der Waals surface area contributed by atoms with E-state index in [1.165, 1.54) is 11.3 Å². The summed E-state index contributed by atoms with van der Waals surface area (Å²) >= 11 is 10.8. The molecule has 5 heteroatoms. The number of carbonyl (C=O) groups is 1. The Bertz CT molecular complexity index is 570. The Labute approximate surface area is 123 Å². The Morgan fingerprint density at radius 3 is 2.67 bits per heavy atom. The highest BCUT2D eigenvalue weighted by atomic mass is 79.9. The van der Waals surface area contributed by atoms with Crippen molar-refractivity contribution in [3.05, 3.63) is 55.6 Å². The van der Waals surface area contributed by atoms with Crippen LogP contribution in [-0.4, -0.2) is 17.9 Å². The average molecular weight is 345 g/mol. The van der Waals surface area contributed by atoms with E-state index in [9.17, 15) is 4.79 Å². The van der Waals surface area contributed by atoms with Crippen LogP contribution in [0, 0.1) is 0 Å². The third kappa shape index (κ3) is 3.13. The van der Waals surface area contributed by atoms with Gasteiger partial charge in [-0.1, -0.05) is 23.7 Å². The van der Waals surface area contributed by atoms with E-state index in [1.807, 2.05) is 36.4 Å². The lowest BCUT2D eigenvalue weighted by Gasteiger charge is -2.17. The monoisotopic (exact) mass is 343 g/mol. The third-order valence-corrected chi connectivity index (χ3v) is 4.38. The normalized spacial score (nSPS) is 10.4. The van der Waals surface area contributed by atoms with Crippen LogP contribution < -0.4 is 0 Å². The number of amides is 1. The third-order valence-electron chi connectivity index (χ3n) is 2.47. The molecule has 2 rings (SSSR count). The Morgan fingerprint density at radius 2 is 2.06 bits per heavy atom. The van der Waals surface area contributed by atoms with Crippen molar-refractivity contribution < 1.29 is 4.79 Å². The van der Waals surface area contributed by atoms with Gasteiger partial charge in [-0.15, -0.1) is 11.3 Å². The highest BCUT2D eigenvalue weighted by Gasteiger charge is 2.15. The van der Waals surface area contributed by atoms with Crippen molar-refractivity contribution in [2.45, 2.75) is 6.54 Å². The lowest BCUT2D eigenvalue weighted by atomic mass is 10.2. The van der Waals surface area contributed by atoms with Gasteiger partial charge in [0.25, 0.3) is 5.91 Å². The van der Waals surface area contributed by atoms with E-state index < -0.39 is 0 Å². The lowest BCUT2D eigenvalue weighted by molar-refractivity contribution is 0.0785. The summed E-state index contributed by atoms with van der Waals surface area (Å²) in [6.07, 6.45) is 0. The maximum absolute atomic E-state index is 12.2. The van der Waals surface area contributed by atoms with E-state index in [4.69, 9.17) is 11.6 Å². The second-order valence-electron chi connectivity index (χ2n) is 3.85. The quantitative estimate of drug-likeness (QED) is 0.806. The van der Waals surface area contributed by atoms with Crippen molar-refractivity contribution in [2.75, 3.05) is 7.05 Å². The highest BCUT2D eigenvalue weighted by Crippen LogP contribution is 2.23. The first-order valence-electron chi connectivity index (χ1n) is 5.32. The summed E-state index contributed by atoms with van der Waals surface area (Å²) in [6, 6.07) is 11.2. The number of benzene rings is 1. The average Bonchev–Trinajstić information content (AvgIpc) is 2.74. The molecule has 0 fully saturated rings. The maximum Gasteiger partial charge on any atom is 0.255 e. The summed E-state index contributed by atoms with van der Waals surface area (Å²) in [5.41, 5.74) is 0.669. The van der Waals surface area contributed by atoms with Crippen molar-refractivity contribution in [1.82, 2.24) is 4.90 Å². The molecule has 0 atom stereocenters. The van der Waals surface area contributed by atoms with Gasteiger partial charge in [-0.3, -0.25) is 4.79 Å². The number of halogens is 2. The van der Waals surface area contributed by atoms with Crippen molar-refractivity contribution in [3.63, 3.8) is 0 Å². The Balaban J connectivity index is 2.12. The van der Waals surface area contributed by atoms with Crippen LogP contribution in [0.1, 0.15) is 15.2 Å². The fraction of sp³-hybridized carbons (Fsp3) is 0.154. The Morgan fingerprint density at radius 1 is 1.33 bits per heavy atom. The molecule has 0 unspecified atom stereocenters. The molecule has 18 heavy (non-hydrogen) atoms. The Kier molecular flexibility index (Phi) is 4.43. The molecule has 0 saturated carbocycles. The summed E-state index contributed by atoms with van der Waals surface area (Å²) in [4.78, 5) is 15.0. The number of nitrogens with zero attached hydrogens (tertiary/aromatic N) is 1. The zero-order valence-electron chi connectivity index (χ0n) is 9.69. The molecule has 94 valence electrons.